The summed E-state index contributed by atoms with van der Waals surface area (Å²) in [7, 11) is 3.30. The molecule has 0 rings (SSSR count). The van der Waals surface area contributed by atoms with Crippen LogP contribution in [0.1, 0.15) is 20.8 Å². The first-order chi connectivity index (χ1) is 6.72. The molecule has 0 aromatic carbocycles. The zero-order valence-electron chi connectivity index (χ0n) is 10.1. The van der Waals surface area contributed by atoms with Crippen LogP contribution in [0.15, 0.2) is 0 Å². The predicted molar refractivity (Wildman–Crippen MR) is 59.1 cm³/mol. The zero-order valence-corrected chi connectivity index (χ0v) is 10.1. The molecule has 2 amide bonds. The highest BCUT2D eigenvalue weighted by molar-refractivity contribution is 5.89. The summed E-state index contributed by atoms with van der Waals surface area (Å²) < 4.78 is 0. The van der Waals surface area contributed by atoms with Crippen LogP contribution in [0.2, 0.25) is 0 Å². The van der Waals surface area contributed by atoms with Gasteiger partial charge in [-0.15, -0.1) is 0 Å². The van der Waals surface area contributed by atoms with Crippen LogP contribution in [0.3, 0.4) is 0 Å². The van der Waals surface area contributed by atoms with Gasteiger partial charge in [0.05, 0.1) is 5.41 Å². The third-order valence-corrected chi connectivity index (χ3v) is 2.28. The van der Waals surface area contributed by atoms with Gasteiger partial charge in [0, 0.05) is 20.6 Å². The number of carbonyl (C=O) groups is 2. The van der Waals surface area contributed by atoms with Gasteiger partial charge < -0.3 is 16.0 Å². The molecule has 0 saturated carbocycles. The van der Waals surface area contributed by atoms with Crippen LogP contribution in [0.25, 0.3) is 0 Å². The van der Waals surface area contributed by atoms with E-state index in [1.807, 2.05) is 0 Å². The maximum Gasteiger partial charge on any atom is 0.244 e. The van der Waals surface area contributed by atoms with E-state index < -0.39 is 11.5 Å². The first-order valence-electron chi connectivity index (χ1n) is 4.94. The van der Waals surface area contributed by atoms with Crippen molar-refractivity contribution >= 4 is 11.8 Å². The van der Waals surface area contributed by atoms with E-state index in [0.717, 1.165) is 0 Å². The van der Waals surface area contributed by atoms with Gasteiger partial charge in [0.2, 0.25) is 11.8 Å². The van der Waals surface area contributed by atoms with Crippen molar-refractivity contribution in [2.75, 3.05) is 20.6 Å². The molecule has 1 atom stereocenters. The molecule has 0 bridgehead atoms. The fourth-order valence-electron chi connectivity index (χ4n) is 0.934. The molecule has 3 N–H and O–H groups in total. The summed E-state index contributed by atoms with van der Waals surface area (Å²) in [6.07, 6.45) is 0. The molecule has 0 aliphatic carbocycles. The second-order valence-electron chi connectivity index (χ2n) is 4.52. The lowest BCUT2D eigenvalue weighted by molar-refractivity contribution is -0.136. The minimum Gasteiger partial charge on any atom is -0.347 e. The van der Waals surface area contributed by atoms with E-state index in [2.05, 4.69) is 5.32 Å². The van der Waals surface area contributed by atoms with Gasteiger partial charge in [-0.3, -0.25) is 9.59 Å². The Morgan fingerprint density at radius 1 is 1.40 bits per heavy atom. The molecule has 1 unspecified atom stereocenters. The molecule has 0 aromatic rings. The Morgan fingerprint density at radius 3 is 2.20 bits per heavy atom. The van der Waals surface area contributed by atoms with Gasteiger partial charge in [0.25, 0.3) is 0 Å². The number of hydrogen-bond donors (Lipinski definition) is 2. The minimum absolute atomic E-state index is 0.129. The van der Waals surface area contributed by atoms with Crippen molar-refractivity contribution in [3.8, 4) is 0 Å². The van der Waals surface area contributed by atoms with Gasteiger partial charge in [0.15, 0.2) is 0 Å². The van der Waals surface area contributed by atoms with Crippen LogP contribution >= 0.6 is 0 Å². The largest absolute Gasteiger partial charge is 0.347 e. The highest BCUT2D eigenvalue weighted by Crippen LogP contribution is 2.12. The van der Waals surface area contributed by atoms with E-state index in [1.165, 1.54) is 4.90 Å². The molecule has 5 nitrogen and oxygen atoms in total. The third kappa shape index (κ3) is 3.87. The monoisotopic (exact) mass is 215 g/mol. The number of nitrogens with two attached hydrogens (primary N) is 1. The Bertz CT molecular complexity index is 249. The lowest BCUT2D eigenvalue weighted by atomic mass is 9.92. The third-order valence-electron chi connectivity index (χ3n) is 2.28. The topological polar surface area (TPSA) is 75.4 Å². The molecule has 0 saturated heterocycles. The van der Waals surface area contributed by atoms with Gasteiger partial charge in [-0.05, 0) is 20.8 Å². The number of nitrogens with one attached hydrogen (secondary N) is 1. The summed E-state index contributed by atoms with van der Waals surface area (Å²) in [6, 6.07) is -0.515. The van der Waals surface area contributed by atoms with E-state index in [0.29, 0.717) is 0 Å². The van der Waals surface area contributed by atoms with Gasteiger partial charge in [-0.25, -0.2) is 0 Å². The second kappa shape index (κ2) is 5.11. The standard InChI is InChI=1S/C10H21N3O2/c1-7(8(14)13(4)5)12-9(15)10(2,3)6-11/h7H,6,11H2,1-5H3,(H,12,15). The Balaban J connectivity index is 4.37. The molecule has 0 aliphatic heterocycles. The SMILES string of the molecule is CC(NC(=O)C(C)(C)CN)C(=O)N(C)C. The van der Waals surface area contributed by atoms with Crippen molar-refractivity contribution in [2.24, 2.45) is 11.1 Å². The number of carbonyl (C=O) groups excluding carboxylic acids is 2. The smallest absolute Gasteiger partial charge is 0.244 e. The van der Waals surface area contributed by atoms with Crippen molar-refractivity contribution in [1.29, 1.82) is 0 Å². The summed E-state index contributed by atoms with van der Waals surface area (Å²) in [5.74, 6) is -0.330. The Morgan fingerprint density at radius 2 is 1.87 bits per heavy atom. The van der Waals surface area contributed by atoms with Gasteiger partial charge in [0.1, 0.15) is 6.04 Å². The molecule has 0 radical (unpaired) electrons. The minimum atomic E-state index is -0.638. The van der Waals surface area contributed by atoms with Crippen LogP contribution in [-0.4, -0.2) is 43.4 Å². The molecule has 0 fully saturated rings. The molecule has 0 heterocycles. The molecule has 15 heavy (non-hydrogen) atoms. The fourth-order valence-corrected chi connectivity index (χ4v) is 0.934. The molecule has 5 heteroatoms. The Labute approximate surface area is 91.0 Å². The summed E-state index contributed by atoms with van der Waals surface area (Å²) in [6.45, 7) is 5.40. The lowest BCUT2D eigenvalue weighted by Crippen LogP contribution is -2.50. The highest BCUT2D eigenvalue weighted by Gasteiger charge is 2.28. The maximum atomic E-state index is 11.7. The Hall–Kier alpha value is -1.10. The van der Waals surface area contributed by atoms with Crippen LogP contribution in [0.5, 0.6) is 0 Å². The van der Waals surface area contributed by atoms with Gasteiger partial charge >= 0.3 is 0 Å². The van der Waals surface area contributed by atoms with Gasteiger partial charge in [-0.2, -0.15) is 0 Å². The Kier molecular flexibility index (Phi) is 4.74. The van der Waals surface area contributed by atoms with Crippen LogP contribution in [-0.2, 0) is 9.59 Å². The first-order valence-corrected chi connectivity index (χ1v) is 4.94. The van der Waals surface area contributed by atoms with Crippen LogP contribution in [0.4, 0.5) is 0 Å². The van der Waals surface area contributed by atoms with E-state index in [1.54, 1.807) is 34.9 Å². The molecule has 0 aromatic heterocycles. The van der Waals surface area contributed by atoms with E-state index >= 15 is 0 Å². The van der Waals surface area contributed by atoms with Crippen LogP contribution < -0.4 is 11.1 Å². The van der Waals surface area contributed by atoms with E-state index in [4.69, 9.17) is 5.73 Å². The summed E-state index contributed by atoms with van der Waals surface area (Å²) in [5, 5.41) is 2.64. The zero-order chi connectivity index (χ0) is 12.2. The number of amides is 2. The van der Waals surface area contributed by atoms with E-state index in [-0.39, 0.29) is 18.4 Å². The highest BCUT2D eigenvalue weighted by atomic mass is 16.2. The number of rotatable bonds is 4. The molecule has 0 aliphatic rings. The fraction of sp³-hybridized carbons (Fsp3) is 0.800. The summed E-state index contributed by atoms with van der Waals surface area (Å²) in [4.78, 5) is 24.6. The van der Waals surface area contributed by atoms with Crippen LogP contribution in [0, 0.1) is 5.41 Å². The quantitative estimate of drug-likeness (QED) is 0.668. The number of hydrogen-bond acceptors (Lipinski definition) is 3. The van der Waals surface area contributed by atoms with Crippen molar-refractivity contribution < 1.29 is 9.59 Å². The number of nitrogens with zero attached hydrogens (tertiary/aromatic N) is 1. The van der Waals surface area contributed by atoms with Crippen molar-refractivity contribution in [3.63, 3.8) is 0 Å². The lowest BCUT2D eigenvalue weighted by Gasteiger charge is -2.25. The van der Waals surface area contributed by atoms with Crippen molar-refractivity contribution in [1.82, 2.24) is 10.2 Å². The molecule has 0 spiro atoms. The normalized spacial score (nSPS) is 13.2. The molecular weight excluding hydrogens is 194 g/mol. The van der Waals surface area contributed by atoms with Crippen molar-refractivity contribution in [3.05, 3.63) is 0 Å². The van der Waals surface area contributed by atoms with Crippen molar-refractivity contribution in [2.45, 2.75) is 26.8 Å². The van der Waals surface area contributed by atoms with E-state index in [9.17, 15) is 9.59 Å². The van der Waals surface area contributed by atoms with Gasteiger partial charge in [-0.1, -0.05) is 0 Å². The maximum absolute atomic E-state index is 11.7. The summed E-state index contributed by atoms with van der Waals surface area (Å²) >= 11 is 0. The first kappa shape index (κ1) is 13.9. The summed E-state index contributed by atoms with van der Waals surface area (Å²) in [5.41, 5.74) is 4.82. The average Bonchev–Trinajstić information content (AvgIpc) is 2.16. The molecule has 88 valence electrons. The second-order valence-corrected chi connectivity index (χ2v) is 4.52. The predicted octanol–water partition coefficient (Wildman–Crippen LogP) is -0.436. The molecular formula is C10H21N3O2. The number of likely N-dealkylation sites (N-methyl/N-ethyl adjacent to an activating group) is 1. The average molecular weight is 215 g/mol.